The van der Waals surface area contributed by atoms with E-state index in [4.69, 9.17) is 23.8 Å². The fourth-order valence-corrected chi connectivity index (χ4v) is 8.36. The zero-order chi connectivity index (χ0) is 36.7. The lowest BCUT2D eigenvalue weighted by atomic mass is 9.92. The van der Waals surface area contributed by atoms with Gasteiger partial charge >= 0.3 is 0 Å². The van der Waals surface area contributed by atoms with Crippen LogP contribution in [0.4, 0.5) is 0 Å². The molecule has 0 atom stereocenters. The molecule has 0 aliphatic rings. The van der Waals surface area contributed by atoms with E-state index < -0.39 is 0 Å². The first kappa shape index (κ1) is 30.8. The molecule has 0 spiro atoms. The summed E-state index contributed by atoms with van der Waals surface area (Å²) < 4.78 is 12.6. The largest absolute Gasteiger partial charge is 0.456 e. The highest BCUT2D eigenvalue weighted by Crippen LogP contribution is 2.41. The third kappa shape index (κ3) is 4.84. The summed E-state index contributed by atoms with van der Waals surface area (Å²) in [6.07, 6.45) is 0. The van der Waals surface area contributed by atoms with Crippen LogP contribution < -0.4 is 0 Å². The van der Waals surface area contributed by atoms with E-state index in [1.54, 1.807) is 0 Å². The van der Waals surface area contributed by atoms with Crippen molar-refractivity contribution >= 4 is 76.2 Å². The summed E-state index contributed by atoms with van der Waals surface area (Å²) in [6, 6.07) is 61.1. The predicted octanol–water partition coefficient (Wildman–Crippen LogP) is 13.8. The first-order valence-electron chi connectivity index (χ1n) is 18.7. The molecule has 56 heavy (non-hydrogen) atoms. The number of hydrogen-bond donors (Lipinski definition) is 0. The van der Waals surface area contributed by atoms with Gasteiger partial charge in [-0.2, -0.15) is 0 Å². The highest BCUT2D eigenvalue weighted by molar-refractivity contribution is 6.16. The summed E-state index contributed by atoms with van der Waals surface area (Å²) in [6.45, 7) is 0. The molecular weight excluding hydrogens is 687 g/mol. The maximum absolute atomic E-state index is 6.33. The molecule has 0 saturated heterocycles. The Morgan fingerprint density at radius 2 is 0.839 bits per heavy atom. The lowest BCUT2D eigenvalue weighted by Gasteiger charge is -2.13. The van der Waals surface area contributed by atoms with Gasteiger partial charge < -0.3 is 8.83 Å². The Balaban J connectivity index is 1.09. The van der Waals surface area contributed by atoms with E-state index in [-0.39, 0.29) is 0 Å². The van der Waals surface area contributed by atoms with Crippen LogP contribution in [0.15, 0.2) is 185 Å². The van der Waals surface area contributed by atoms with Crippen LogP contribution in [0.5, 0.6) is 0 Å². The Bertz CT molecular complexity index is 3560. The van der Waals surface area contributed by atoms with Gasteiger partial charge in [0.15, 0.2) is 17.5 Å². The van der Waals surface area contributed by atoms with Crippen LogP contribution >= 0.6 is 0 Å². The van der Waals surface area contributed by atoms with Crippen molar-refractivity contribution in [2.75, 3.05) is 0 Å². The van der Waals surface area contributed by atoms with Crippen molar-refractivity contribution in [2.45, 2.75) is 0 Å². The lowest BCUT2D eigenvalue weighted by Crippen LogP contribution is -2.00. The Hall–Kier alpha value is -7.63. The third-order valence-electron chi connectivity index (χ3n) is 11.0. The summed E-state index contributed by atoms with van der Waals surface area (Å²) in [5.41, 5.74) is 8.37. The van der Waals surface area contributed by atoms with Crippen molar-refractivity contribution in [1.82, 2.24) is 15.0 Å². The Labute approximate surface area is 320 Å². The van der Waals surface area contributed by atoms with Crippen LogP contribution in [0.2, 0.25) is 0 Å². The molecule has 3 heterocycles. The van der Waals surface area contributed by atoms with E-state index in [1.165, 1.54) is 0 Å². The molecule has 12 rings (SSSR count). The van der Waals surface area contributed by atoms with Gasteiger partial charge in [0, 0.05) is 38.2 Å². The first-order valence-corrected chi connectivity index (χ1v) is 18.7. The van der Waals surface area contributed by atoms with E-state index in [0.717, 1.165) is 104 Å². The van der Waals surface area contributed by atoms with Gasteiger partial charge in [-0.25, -0.2) is 15.0 Å². The molecule has 3 aromatic heterocycles. The minimum absolute atomic E-state index is 0.599. The highest BCUT2D eigenvalue weighted by atomic mass is 16.3. The number of nitrogens with zero attached hydrogens (tertiary/aromatic N) is 3. The first-order chi connectivity index (χ1) is 27.7. The summed E-state index contributed by atoms with van der Waals surface area (Å²) in [5.74, 6) is 1.81. The lowest BCUT2D eigenvalue weighted by molar-refractivity contribution is 0.669. The average Bonchev–Trinajstić information content (AvgIpc) is 3.82. The van der Waals surface area contributed by atoms with Crippen LogP contribution in [0.1, 0.15) is 0 Å². The third-order valence-corrected chi connectivity index (χ3v) is 11.0. The van der Waals surface area contributed by atoms with Crippen molar-refractivity contribution in [3.63, 3.8) is 0 Å². The smallest absolute Gasteiger partial charge is 0.164 e. The van der Waals surface area contributed by atoms with Crippen LogP contribution in [0, 0.1) is 0 Å². The van der Waals surface area contributed by atoms with E-state index in [1.807, 2.05) is 30.3 Å². The Morgan fingerprint density at radius 1 is 0.286 bits per heavy atom. The van der Waals surface area contributed by atoms with Gasteiger partial charge in [-0.15, -0.1) is 0 Å². The number of aromatic nitrogens is 3. The minimum Gasteiger partial charge on any atom is -0.456 e. The zero-order valence-corrected chi connectivity index (χ0v) is 29.9. The number of fused-ring (bicyclic) bond motifs is 9. The SMILES string of the molecule is c1ccc2cc(-c3nc(-c4ccc5cc6c(cc5c4)oc4ccccc46)nc(-c4cc(-c5cccc6oc7ccccc7c56)c5ccccc5c4)n3)ccc2c1. The van der Waals surface area contributed by atoms with Crippen molar-refractivity contribution in [2.24, 2.45) is 0 Å². The molecule has 12 aromatic rings. The topological polar surface area (TPSA) is 65.0 Å². The molecule has 0 saturated carbocycles. The van der Waals surface area contributed by atoms with E-state index >= 15 is 0 Å². The number of furan rings is 2. The summed E-state index contributed by atoms with van der Waals surface area (Å²) in [4.78, 5) is 15.6. The zero-order valence-electron chi connectivity index (χ0n) is 29.9. The Kier molecular flexibility index (Phi) is 6.56. The second-order valence-electron chi connectivity index (χ2n) is 14.4. The maximum atomic E-state index is 6.33. The summed E-state index contributed by atoms with van der Waals surface area (Å²) >= 11 is 0. The molecular formula is C51H29N3O2. The minimum atomic E-state index is 0.599. The van der Waals surface area contributed by atoms with Gasteiger partial charge in [-0.05, 0) is 98.0 Å². The van der Waals surface area contributed by atoms with Crippen molar-refractivity contribution in [1.29, 1.82) is 0 Å². The van der Waals surface area contributed by atoms with E-state index in [9.17, 15) is 0 Å². The van der Waals surface area contributed by atoms with Gasteiger partial charge in [0.25, 0.3) is 0 Å². The second-order valence-corrected chi connectivity index (χ2v) is 14.4. The molecule has 0 unspecified atom stereocenters. The fourth-order valence-electron chi connectivity index (χ4n) is 8.36. The van der Waals surface area contributed by atoms with E-state index in [2.05, 4.69) is 146 Å². The van der Waals surface area contributed by atoms with Gasteiger partial charge in [-0.3, -0.25) is 0 Å². The molecule has 5 nitrogen and oxygen atoms in total. The van der Waals surface area contributed by atoms with Gasteiger partial charge in [0.05, 0.1) is 0 Å². The maximum Gasteiger partial charge on any atom is 0.164 e. The van der Waals surface area contributed by atoms with Crippen LogP contribution in [0.3, 0.4) is 0 Å². The van der Waals surface area contributed by atoms with Crippen molar-refractivity contribution in [3.05, 3.63) is 176 Å². The number of hydrogen-bond acceptors (Lipinski definition) is 5. The van der Waals surface area contributed by atoms with Crippen LogP contribution in [0.25, 0.3) is 121 Å². The second kappa shape index (κ2) is 11.9. The van der Waals surface area contributed by atoms with Gasteiger partial charge in [0.2, 0.25) is 0 Å². The molecule has 0 aliphatic heterocycles. The van der Waals surface area contributed by atoms with Crippen LogP contribution in [-0.2, 0) is 0 Å². The molecule has 0 aliphatic carbocycles. The molecule has 260 valence electrons. The molecule has 0 fully saturated rings. The fraction of sp³-hybridized carbons (Fsp3) is 0. The average molecular weight is 716 g/mol. The van der Waals surface area contributed by atoms with Gasteiger partial charge in [0.1, 0.15) is 22.3 Å². The highest BCUT2D eigenvalue weighted by Gasteiger charge is 2.19. The predicted molar refractivity (Wildman–Crippen MR) is 229 cm³/mol. The quantitative estimate of drug-likeness (QED) is 0.181. The number of rotatable bonds is 4. The Morgan fingerprint density at radius 3 is 1.64 bits per heavy atom. The summed E-state index contributed by atoms with van der Waals surface area (Å²) in [5, 5.41) is 11.1. The molecule has 5 heteroatoms. The van der Waals surface area contributed by atoms with Crippen molar-refractivity contribution in [3.8, 4) is 45.3 Å². The van der Waals surface area contributed by atoms with Gasteiger partial charge in [-0.1, -0.05) is 121 Å². The normalized spacial score (nSPS) is 11.9. The molecule has 0 radical (unpaired) electrons. The van der Waals surface area contributed by atoms with E-state index in [0.29, 0.717) is 17.5 Å². The van der Waals surface area contributed by atoms with Crippen molar-refractivity contribution < 1.29 is 8.83 Å². The van der Waals surface area contributed by atoms with Crippen LogP contribution in [-0.4, -0.2) is 15.0 Å². The molecule has 0 bridgehead atoms. The summed E-state index contributed by atoms with van der Waals surface area (Å²) in [7, 11) is 0. The number of benzene rings is 9. The molecule has 0 N–H and O–H groups in total. The standard InChI is InChI=1S/C51H29N3O2/c1-2-11-31-24-34(22-20-30(31)10-1)49-52-50(35-23-21-32-27-43-39-14-5-7-17-44(39)56-47(43)29-36(32)26-35)54-51(53-49)37-25-33-12-3-4-13-38(33)42(28-37)40-16-9-19-46-48(40)41-15-6-8-18-45(41)55-46/h1-29H. The monoisotopic (exact) mass is 715 g/mol. The molecule has 9 aromatic carbocycles. The number of para-hydroxylation sites is 2. The molecule has 0 amide bonds.